The monoisotopic (exact) mass is 456 g/mol. The van der Waals surface area contributed by atoms with Crippen LogP contribution >= 0.6 is 23.4 Å². The number of nitrogens with zero attached hydrogens (tertiary/aromatic N) is 4. The van der Waals surface area contributed by atoms with Crippen molar-refractivity contribution >= 4 is 40.9 Å². The highest BCUT2D eigenvalue weighted by molar-refractivity contribution is 7.99. The van der Waals surface area contributed by atoms with E-state index in [1.165, 1.54) is 16.4 Å². The molecule has 2 aromatic carbocycles. The molecule has 0 saturated heterocycles. The topological polar surface area (TPSA) is 102 Å². The number of carbonyl (C=O) groups is 2. The van der Waals surface area contributed by atoms with Gasteiger partial charge in [0.25, 0.3) is 5.91 Å². The zero-order valence-electron chi connectivity index (χ0n) is 16.8. The zero-order chi connectivity index (χ0) is 21.8. The number of carbonyl (C=O) groups excluding carboxylic acids is 2. The first-order chi connectivity index (χ1) is 15.0. The van der Waals surface area contributed by atoms with Crippen molar-refractivity contribution in [3.05, 3.63) is 64.7 Å². The number of rotatable bonds is 8. The molecule has 2 amide bonds. The van der Waals surface area contributed by atoms with Gasteiger partial charge in [0.1, 0.15) is 0 Å². The molecule has 31 heavy (non-hydrogen) atoms. The maximum atomic E-state index is 12.8. The Labute approximate surface area is 188 Å². The second kappa shape index (κ2) is 9.49. The van der Waals surface area contributed by atoms with Crippen LogP contribution in [0.15, 0.2) is 53.7 Å². The fourth-order valence-corrected chi connectivity index (χ4v) is 3.95. The van der Waals surface area contributed by atoms with Crippen LogP contribution < -0.4 is 10.6 Å². The van der Waals surface area contributed by atoms with Gasteiger partial charge >= 0.3 is 0 Å². The third-order valence-corrected chi connectivity index (χ3v) is 6.22. The quantitative estimate of drug-likeness (QED) is 0.503. The molecule has 0 radical (unpaired) electrons. The van der Waals surface area contributed by atoms with E-state index < -0.39 is 0 Å². The fraction of sp³-hybridized carbons (Fsp3) is 0.286. The number of aryl methyl sites for hydroxylation is 1. The minimum atomic E-state index is -0.179. The molecule has 1 aromatic heterocycles. The number of hydrogen-bond donors (Lipinski definition) is 2. The van der Waals surface area contributed by atoms with Crippen molar-refractivity contribution in [1.82, 2.24) is 25.5 Å². The number of thioether (sulfide) groups is 1. The van der Waals surface area contributed by atoms with E-state index in [1.807, 2.05) is 24.3 Å². The Bertz CT molecular complexity index is 1070. The van der Waals surface area contributed by atoms with Crippen molar-refractivity contribution in [2.45, 2.75) is 24.0 Å². The van der Waals surface area contributed by atoms with Gasteiger partial charge in [-0.05, 0) is 71.1 Å². The normalized spacial score (nSPS) is 14.1. The Kier molecular flexibility index (Phi) is 6.53. The molecule has 2 N–H and O–H groups in total. The van der Waals surface area contributed by atoms with Gasteiger partial charge in [-0.1, -0.05) is 35.5 Å². The SMILES string of the molecule is Cn1nnnc1SCC(=O)Nc1ccc(C(=O)NC(c2ccc(Cl)cc2)C2CC2)cc1. The highest BCUT2D eigenvalue weighted by Gasteiger charge is 2.33. The maximum absolute atomic E-state index is 12.8. The molecule has 0 spiro atoms. The summed E-state index contributed by atoms with van der Waals surface area (Å²) in [5.74, 6) is 0.308. The minimum absolute atomic E-state index is 0.0312. The van der Waals surface area contributed by atoms with Crippen molar-refractivity contribution in [3.8, 4) is 0 Å². The molecule has 3 aromatic rings. The minimum Gasteiger partial charge on any atom is -0.345 e. The summed E-state index contributed by atoms with van der Waals surface area (Å²) in [6.45, 7) is 0. The van der Waals surface area contributed by atoms with E-state index >= 15 is 0 Å². The van der Waals surface area contributed by atoms with E-state index in [2.05, 4.69) is 26.2 Å². The Balaban J connectivity index is 1.33. The Hall–Kier alpha value is -2.91. The van der Waals surface area contributed by atoms with Crippen LogP contribution in [0.3, 0.4) is 0 Å². The second-order valence-electron chi connectivity index (χ2n) is 7.34. The first kappa shape index (κ1) is 21.3. The van der Waals surface area contributed by atoms with Crippen molar-refractivity contribution in [2.75, 3.05) is 11.1 Å². The molecular weight excluding hydrogens is 436 g/mol. The summed E-state index contributed by atoms with van der Waals surface area (Å²) in [6.07, 6.45) is 2.20. The maximum Gasteiger partial charge on any atom is 0.251 e. The Morgan fingerprint density at radius 3 is 2.48 bits per heavy atom. The molecule has 1 heterocycles. The van der Waals surface area contributed by atoms with Crippen LogP contribution in [0.1, 0.15) is 34.8 Å². The number of nitrogens with one attached hydrogen (secondary N) is 2. The van der Waals surface area contributed by atoms with Crippen LogP contribution in [0, 0.1) is 5.92 Å². The molecule has 1 aliphatic rings. The second-order valence-corrected chi connectivity index (χ2v) is 8.72. The van der Waals surface area contributed by atoms with E-state index in [0.717, 1.165) is 18.4 Å². The van der Waals surface area contributed by atoms with Gasteiger partial charge < -0.3 is 10.6 Å². The van der Waals surface area contributed by atoms with E-state index in [-0.39, 0.29) is 23.6 Å². The van der Waals surface area contributed by atoms with E-state index in [9.17, 15) is 9.59 Å². The van der Waals surface area contributed by atoms with Crippen LogP contribution in [-0.4, -0.2) is 37.8 Å². The fourth-order valence-electron chi connectivity index (χ4n) is 3.17. The van der Waals surface area contributed by atoms with Crippen LogP contribution in [0.2, 0.25) is 5.02 Å². The first-order valence-electron chi connectivity index (χ1n) is 9.81. The number of aromatic nitrogens is 4. The lowest BCUT2D eigenvalue weighted by atomic mass is 10.0. The summed E-state index contributed by atoms with van der Waals surface area (Å²) in [5.41, 5.74) is 2.21. The van der Waals surface area contributed by atoms with Crippen LogP contribution in [-0.2, 0) is 11.8 Å². The van der Waals surface area contributed by atoms with Crippen molar-refractivity contribution in [3.63, 3.8) is 0 Å². The van der Waals surface area contributed by atoms with E-state index in [0.29, 0.717) is 27.3 Å². The van der Waals surface area contributed by atoms with Crippen LogP contribution in [0.4, 0.5) is 5.69 Å². The molecular formula is C21H21ClN6O2S. The molecule has 0 bridgehead atoms. The molecule has 1 unspecified atom stereocenters. The summed E-state index contributed by atoms with van der Waals surface area (Å²) in [7, 11) is 1.71. The molecule has 160 valence electrons. The lowest BCUT2D eigenvalue weighted by Gasteiger charge is -2.19. The molecule has 1 saturated carbocycles. The Morgan fingerprint density at radius 1 is 1.16 bits per heavy atom. The number of hydrogen-bond acceptors (Lipinski definition) is 6. The summed E-state index contributed by atoms with van der Waals surface area (Å²) in [4.78, 5) is 24.9. The summed E-state index contributed by atoms with van der Waals surface area (Å²) in [5, 5.41) is 18.3. The van der Waals surface area contributed by atoms with E-state index in [1.54, 1.807) is 31.3 Å². The van der Waals surface area contributed by atoms with Gasteiger partial charge in [0, 0.05) is 23.3 Å². The number of halogens is 1. The van der Waals surface area contributed by atoms with E-state index in [4.69, 9.17) is 11.6 Å². The predicted octanol–water partition coefficient (Wildman–Crippen LogP) is 3.48. The molecule has 0 aliphatic heterocycles. The van der Waals surface area contributed by atoms with Gasteiger partial charge in [-0.2, -0.15) is 0 Å². The van der Waals surface area contributed by atoms with Crippen LogP contribution in [0.25, 0.3) is 0 Å². The number of tetrazole rings is 1. The largest absolute Gasteiger partial charge is 0.345 e. The van der Waals surface area contributed by atoms with Gasteiger partial charge in [0.05, 0.1) is 11.8 Å². The predicted molar refractivity (Wildman–Crippen MR) is 119 cm³/mol. The standard InChI is InChI=1S/C21H21ClN6O2S/c1-28-21(25-26-27-28)31-12-18(29)23-17-10-6-15(7-11-17)20(30)24-19(13-2-3-13)14-4-8-16(22)9-5-14/h4-11,13,19H,2-3,12H2,1H3,(H,23,29)(H,24,30). The van der Waals surface area contributed by atoms with Gasteiger partial charge in [0.2, 0.25) is 11.1 Å². The average molecular weight is 457 g/mol. The summed E-state index contributed by atoms with van der Waals surface area (Å²) in [6, 6.07) is 14.4. The third kappa shape index (κ3) is 5.62. The molecule has 8 nitrogen and oxygen atoms in total. The number of benzene rings is 2. The number of amides is 2. The molecule has 4 rings (SSSR count). The van der Waals surface area contributed by atoms with Crippen molar-refractivity contribution < 1.29 is 9.59 Å². The van der Waals surface area contributed by atoms with Crippen molar-refractivity contribution in [1.29, 1.82) is 0 Å². The molecule has 1 atom stereocenters. The third-order valence-electron chi connectivity index (χ3n) is 4.95. The first-order valence-corrected chi connectivity index (χ1v) is 11.2. The summed E-state index contributed by atoms with van der Waals surface area (Å²) >= 11 is 7.23. The summed E-state index contributed by atoms with van der Waals surface area (Å²) < 4.78 is 1.50. The lowest BCUT2D eigenvalue weighted by molar-refractivity contribution is -0.113. The average Bonchev–Trinajstić information content (AvgIpc) is 3.53. The molecule has 1 aliphatic carbocycles. The smallest absolute Gasteiger partial charge is 0.251 e. The highest BCUT2D eigenvalue weighted by Crippen LogP contribution is 2.41. The van der Waals surface area contributed by atoms with Gasteiger partial charge in [-0.15, -0.1) is 5.10 Å². The highest BCUT2D eigenvalue weighted by atomic mass is 35.5. The van der Waals surface area contributed by atoms with Gasteiger partial charge in [-0.25, -0.2) is 4.68 Å². The van der Waals surface area contributed by atoms with Crippen LogP contribution in [0.5, 0.6) is 0 Å². The molecule has 10 heteroatoms. The van der Waals surface area contributed by atoms with Crippen molar-refractivity contribution in [2.24, 2.45) is 13.0 Å². The number of anilines is 1. The Morgan fingerprint density at radius 2 is 1.87 bits per heavy atom. The lowest BCUT2D eigenvalue weighted by Crippen LogP contribution is -2.29. The molecule has 1 fully saturated rings. The van der Waals surface area contributed by atoms with Gasteiger partial charge in [0.15, 0.2) is 0 Å². The zero-order valence-corrected chi connectivity index (χ0v) is 18.4. The van der Waals surface area contributed by atoms with Gasteiger partial charge in [-0.3, -0.25) is 9.59 Å².